The van der Waals surface area contributed by atoms with Crippen molar-refractivity contribution >= 4 is 89.5 Å². The zero-order chi connectivity index (χ0) is 90.7. The second-order valence-electron chi connectivity index (χ2n) is 18.8. The zero-order valence-corrected chi connectivity index (χ0v) is 79.5. The van der Waals surface area contributed by atoms with Gasteiger partial charge in [-0.1, -0.05) is 91.0 Å². The van der Waals surface area contributed by atoms with Gasteiger partial charge in [-0.25, -0.2) is 0 Å². The first kappa shape index (κ1) is 163. The number of hydroxylamine groups is 6. The molecule has 0 amide bonds. The second kappa shape index (κ2) is 140. The molecule has 9 N–H and O–H groups in total. The molecule has 42 nitrogen and oxygen atoms in total. The van der Waals surface area contributed by atoms with E-state index in [9.17, 15) is 0 Å². The predicted octanol–water partition coefficient (Wildman–Crippen LogP) is -15.7. The van der Waals surface area contributed by atoms with Gasteiger partial charge in [0.05, 0.1) is 19.8 Å². The number of carboxylic acid groups (broad SMARTS) is 15. The zero-order valence-electron chi connectivity index (χ0n) is 68.2. The summed E-state index contributed by atoms with van der Waals surface area (Å²) in [6, 6.07) is 31.0. The van der Waals surface area contributed by atoms with Gasteiger partial charge in [0, 0.05) is 188 Å². The smallest absolute Gasteiger partial charge is 0.550 e. The minimum atomic E-state index is -1.08. The largest absolute Gasteiger partial charge is 3.00 e. The van der Waals surface area contributed by atoms with Crippen LogP contribution in [0, 0.1) is 200 Å². The molecule has 116 heavy (non-hydrogen) atoms. The van der Waals surface area contributed by atoms with Crippen molar-refractivity contribution in [2.24, 2.45) is 17.2 Å². The van der Waals surface area contributed by atoms with Gasteiger partial charge >= 0.3 is 200 Å². The Kier molecular flexibility index (Phi) is 196. The van der Waals surface area contributed by atoms with Crippen LogP contribution in [-0.4, -0.2) is 203 Å². The minimum absolute atomic E-state index is 0. The Labute approximate surface area is 840 Å². The maximum atomic E-state index is 8.89. The number of hydrogen-bond acceptors (Lipinski definition) is 42. The van der Waals surface area contributed by atoms with Crippen molar-refractivity contribution in [3.63, 3.8) is 0 Å². The van der Waals surface area contributed by atoms with Crippen LogP contribution >= 0.6 is 0 Å². The molecule has 3 rings (SSSR count). The third-order valence-corrected chi connectivity index (χ3v) is 7.12. The molecule has 0 saturated heterocycles. The third kappa shape index (κ3) is 376. The molecular formula is C69H114Gd5N9O33. The Balaban J connectivity index is -0.0000000489. The van der Waals surface area contributed by atoms with Crippen LogP contribution in [0.5, 0.6) is 0 Å². The van der Waals surface area contributed by atoms with E-state index < -0.39 is 89.5 Å². The molecule has 0 aliphatic rings. The molecule has 0 spiro atoms. The van der Waals surface area contributed by atoms with E-state index >= 15 is 0 Å². The number of rotatable bonds is 27. The summed E-state index contributed by atoms with van der Waals surface area (Å²) in [5, 5.41) is 149. The van der Waals surface area contributed by atoms with Crippen LogP contribution in [0.2, 0.25) is 0 Å². The number of carboxylic acids is 15. The molecule has 0 heterocycles. The second-order valence-corrected chi connectivity index (χ2v) is 18.8. The van der Waals surface area contributed by atoms with E-state index in [0.717, 1.165) is 182 Å². The Hall–Kier alpha value is -4.15. The van der Waals surface area contributed by atoms with Gasteiger partial charge in [0.2, 0.25) is 0 Å². The van der Waals surface area contributed by atoms with E-state index in [1.54, 1.807) is 0 Å². The first-order valence-electron chi connectivity index (χ1n) is 32.2. The van der Waals surface area contributed by atoms with Crippen LogP contribution in [0.4, 0.5) is 0 Å². The van der Waals surface area contributed by atoms with Crippen LogP contribution in [0.3, 0.4) is 0 Å². The van der Waals surface area contributed by atoms with E-state index in [-0.39, 0.29) is 200 Å². The summed E-state index contributed by atoms with van der Waals surface area (Å²) in [4.78, 5) is 150. The average Bonchev–Trinajstić information content (AvgIpc) is 0.945. The Bertz CT molecular complexity index is 2150. The van der Waals surface area contributed by atoms with Gasteiger partial charge in [-0.05, 0) is 141 Å². The molecule has 0 bridgehead atoms. The van der Waals surface area contributed by atoms with E-state index in [4.69, 9.17) is 180 Å². The molecule has 47 heteroatoms. The van der Waals surface area contributed by atoms with Crippen LogP contribution < -0.4 is 110 Å². The maximum Gasteiger partial charge on any atom is 3.00 e. The Morgan fingerprint density at radius 2 is 0.362 bits per heavy atom. The van der Waals surface area contributed by atoms with Crippen molar-refractivity contribution in [3.8, 4) is 0 Å². The first-order chi connectivity index (χ1) is 51.1. The number of nitrogens with zero attached hydrogens (tertiary/aromatic N) is 3. The molecule has 0 saturated carbocycles. The van der Waals surface area contributed by atoms with E-state index in [2.05, 4.69) is 52.3 Å². The van der Waals surface area contributed by atoms with Crippen molar-refractivity contribution in [2.75, 3.05) is 98.4 Å². The first-order valence-corrected chi connectivity index (χ1v) is 32.2. The number of nitrogens with two attached hydrogens (primary N) is 3. The van der Waals surface area contributed by atoms with Gasteiger partial charge < -0.3 is 182 Å². The number of nitrogens with one attached hydrogen (secondary N) is 3. The summed E-state index contributed by atoms with van der Waals surface area (Å²) in [6.45, 7) is 35.0. The maximum absolute atomic E-state index is 8.89. The van der Waals surface area contributed by atoms with Crippen LogP contribution in [0.15, 0.2) is 91.0 Å². The average molecular weight is 2380 g/mol. The Morgan fingerprint density at radius 3 is 0.457 bits per heavy atom. The number of benzene rings is 3. The summed E-state index contributed by atoms with van der Waals surface area (Å²) < 4.78 is 0. The molecule has 0 fully saturated rings. The summed E-state index contributed by atoms with van der Waals surface area (Å²) >= 11 is 0. The monoisotopic (exact) mass is 2390 g/mol. The van der Waals surface area contributed by atoms with Crippen LogP contribution in [0.25, 0.3) is 0 Å². The molecular weight excluding hydrogens is 2270 g/mol. The fourth-order valence-corrected chi connectivity index (χ4v) is 4.77. The predicted molar refractivity (Wildman–Crippen MR) is 371 cm³/mol. The van der Waals surface area contributed by atoms with E-state index in [1.165, 1.54) is 16.7 Å². The fourth-order valence-electron chi connectivity index (χ4n) is 4.77. The summed E-state index contributed by atoms with van der Waals surface area (Å²) in [5.41, 5.74) is 20.1. The molecule has 0 aromatic heterocycles. The van der Waals surface area contributed by atoms with Gasteiger partial charge in [0.25, 0.3) is 0 Å². The van der Waals surface area contributed by atoms with E-state index in [1.807, 2.05) is 90.6 Å². The molecule has 5 radical (unpaired) electrons. The fraction of sp³-hybridized carbons (Fsp3) is 0.522. The van der Waals surface area contributed by atoms with Crippen LogP contribution in [-0.2, 0) is 106 Å². The summed E-state index contributed by atoms with van der Waals surface area (Å²) in [5.74, 6) is -16.3. The minimum Gasteiger partial charge on any atom is -0.550 e. The number of carbonyl (C=O) groups excluding carboxylic acids is 15. The SMILES string of the molecule is CC(=O)[O-].CC(=O)[O-].CC(=O)[O-].CC(=O)[O-].CC(=O)[O-].CC(=O)[O-].CC(=O)[O-].CC(=O)[O-].CC(=O)[O-].CC(=O)[O-].CC(=O)[O-].CC(=O)[O-].CC(=O)[O-].CC(=O)[O-].CC(=O)[O-].CCON(CCNCCN)Cc1ccccc1.CCON(CCNCCN)Cc1ccccc1.CCON(CCNCCN)Cc1ccccc1.[Gd+3].[Gd+3].[Gd+3].[Gd+3].[Gd+3]. The molecule has 0 aliphatic heterocycles. The summed E-state index contributed by atoms with van der Waals surface area (Å²) in [6.07, 6.45) is 0. The standard InChI is InChI=1S/3C13H23N3O.15C2H4O2.5Gd/c3*1-2-17-16(11-10-15-9-8-14)12-13-6-4-3-5-7-13;15*1-2(3)4;;;;;/h3*3-7,15H,2,8-12,14H2,1H3;15*1H3,(H,3,4);;;;;/q;;;;;;;;;;;;;;;;;;5*+3/p-15. The molecule has 3 aromatic carbocycles. The molecule has 0 atom stereocenters. The number of hydrogen-bond donors (Lipinski definition) is 6. The topological polar surface area (TPSA) is 754 Å². The molecule has 0 unspecified atom stereocenters. The third-order valence-electron chi connectivity index (χ3n) is 7.12. The van der Waals surface area contributed by atoms with Gasteiger partial charge in [-0.2, -0.15) is 15.2 Å². The van der Waals surface area contributed by atoms with Gasteiger partial charge in [-0.15, -0.1) is 0 Å². The number of carbonyl (C=O) groups is 15. The summed E-state index contributed by atoms with van der Waals surface area (Å²) in [7, 11) is 0. The van der Waals surface area contributed by atoms with Crippen LogP contribution in [0.1, 0.15) is 141 Å². The van der Waals surface area contributed by atoms with Crippen molar-refractivity contribution in [1.82, 2.24) is 31.1 Å². The van der Waals surface area contributed by atoms with E-state index in [0.29, 0.717) is 39.5 Å². The van der Waals surface area contributed by atoms with Gasteiger partial charge in [0.1, 0.15) is 0 Å². The van der Waals surface area contributed by atoms with Crippen molar-refractivity contribution in [3.05, 3.63) is 108 Å². The molecule has 673 valence electrons. The Morgan fingerprint density at radius 1 is 0.250 bits per heavy atom. The molecule has 0 aliphatic carbocycles. The number of aliphatic carboxylic acids is 15. The van der Waals surface area contributed by atoms with Crippen molar-refractivity contribution < 1.29 is 363 Å². The molecule has 3 aromatic rings. The van der Waals surface area contributed by atoms with Crippen molar-refractivity contribution in [1.29, 1.82) is 0 Å². The van der Waals surface area contributed by atoms with Gasteiger partial charge in [0.15, 0.2) is 0 Å². The quantitative estimate of drug-likeness (QED) is 0.0305. The van der Waals surface area contributed by atoms with Crippen molar-refractivity contribution in [2.45, 2.75) is 144 Å². The van der Waals surface area contributed by atoms with Gasteiger partial charge in [-0.3, -0.25) is 14.5 Å². The normalized spacial score (nSPS) is 8.07.